The van der Waals surface area contributed by atoms with Crippen molar-refractivity contribution in [2.24, 2.45) is 5.92 Å². The van der Waals surface area contributed by atoms with Crippen molar-refractivity contribution in [3.05, 3.63) is 18.1 Å². The molecule has 6 heteroatoms. The Hall–Kier alpha value is -1.69. The van der Waals surface area contributed by atoms with Crippen LogP contribution in [0.3, 0.4) is 0 Å². The highest BCUT2D eigenvalue weighted by molar-refractivity contribution is 5.79. The van der Waals surface area contributed by atoms with E-state index in [-0.39, 0.29) is 17.9 Å². The summed E-state index contributed by atoms with van der Waals surface area (Å²) in [5.41, 5.74) is 5.56. The molecule has 1 aromatic rings. The summed E-state index contributed by atoms with van der Waals surface area (Å²) in [6, 6.07) is 1.85. The van der Waals surface area contributed by atoms with Gasteiger partial charge in [0.05, 0.1) is 12.5 Å². The summed E-state index contributed by atoms with van der Waals surface area (Å²) in [6.07, 6.45) is 3.56. The van der Waals surface area contributed by atoms with Crippen LogP contribution < -0.4 is 16.4 Å². The van der Waals surface area contributed by atoms with Gasteiger partial charge in [-0.3, -0.25) is 4.79 Å². The fourth-order valence-corrected chi connectivity index (χ4v) is 2.20. The van der Waals surface area contributed by atoms with E-state index < -0.39 is 0 Å². The Morgan fingerprint density at radius 3 is 3.22 bits per heavy atom. The van der Waals surface area contributed by atoms with Gasteiger partial charge in [-0.25, -0.2) is 9.97 Å². The predicted molar refractivity (Wildman–Crippen MR) is 68.5 cm³/mol. The van der Waals surface area contributed by atoms with Crippen LogP contribution in [0, 0.1) is 5.92 Å². The Morgan fingerprint density at radius 1 is 1.67 bits per heavy atom. The first-order valence-corrected chi connectivity index (χ1v) is 6.25. The third kappa shape index (κ3) is 3.16. The van der Waals surface area contributed by atoms with Gasteiger partial charge in [-0.15, -0.1) is 0 Å². The molecule has 1 aliphatic rings. The zero-order chi connectivity index (χ0) is 13.0. The lowest BCUT2D eigenvalue weighted by atomic mass is 9.91. The number of nitrogen functional groups attached to an aromatic ring is 1. The van der Waals surface area contributed by atoms with E-state index in [0.717, 1.165) is 19.4 Å². The molecule has 0 aromatic carbocycles. The van der Waals surface area contributed by atoms with Crippen molar-refractivity contribution in [2.45, 2.75) is 32.4 Å². The maximum Gasteiger partial charge on any atom is 0.225 e. The molecular weight excluding hydrogens is 230 g/mol. The van der Waals surface area contributed by atoms with Crippen LogP contribution in [-0.2, 0) is 11.3 Å². The second-order valence-electron chi connectivity index (χ2n) is 4.61. The van der Waals surface area contributed by atoms with E-state index in [4.69, 9.17) is 5.73 Å². The number of rotatable bonds is 3. The van der Waals surface area contributed by atoms with Crippen molar-refractivity contribution in [3.63, 3.8) is 0 Å². The third-order valence-electron chi connectivity index (χ3n) is 3.25. The molecule has 1 saturated heterocycles. The van der Waals surface area contributed by atoms with Crippen LogP contribution in [0.1, 0.15) is 25.6 Å². The molecule has 2 atom stereocenters. The summed E-state index contributed by atoms with van der Waals surface area (Å²) in [4.78, 5) is 20.1. The molecule has 0 aliphatic carbocycles. The average molecular weight is 249 g/mol. The highest BCUT2D eigenvalue weighted by Gasteiger charge is 2.27. The molecule has 1 amide bonds. The van der Waals surface area contributed by atoms with Crippen molar-refractivity contribution in [3.8, 4) is 0 Å². The highest BCUT2D eigenvalue weighted by atomic mass is 16.1. The number of carbonyl (C=O) groups is 1. The van der Waals surface area contributed by atoms with Crippen LogP contribution in [0.2, 0.25) is 0 Å². The van der Waals surface area contributed by atoms with Crippen molar-refractivity contribution in [1.29, 1.82) is 0 Å². The molecule has 2 rings (SSSR count). The second kappa shape index (κ2) is 5.77. The topological polar surface area (TPSA) is 92.9 Å². The first-order valence-electron chi connectivity index (χ1n) is 6.25. The van der Waals surface area contributed by atoms with Gasteiger partial charge >= 0.3 is 0 Å². The summed E-state index contributed by atoms with van der Waals surface area (Å²) in [5.74, 6) is 1.04. The van der Waals surface area contributed by atoms with Gasteiger partial charge in [0.2, 0.25) is 5.91 Å². The third-order valence-corrected chi connectivity index (χ3v) is 3.25. The van der Waals surface area contributed by atoms with Gasteiger partial charge in [0, 0.05) is 12.2 Å². The van der Waals surface area contributed by atoms with Crippen molar-refractivity contribution >= 4 is 11.7 Å². The molecule has 0 bridgehead atoms. The van der Waals surface area contributed by atoms with Crippen LogP contribution >= 0.6 is 0 Å². The summed E-state index contributed by atoms with van der Waals surface area (Å²) < 4.78 is 0. The monoisotopic (exact) mass is 249 g/mol. The Labute approximate surface area is 106 Å². The van der Waals surface area contributed by atoms with Gasteiger partial charge in [-0.1, -0.05) is 0 Å². The number of hydrogen-bond acceptors (Lipinski definition) is 5. The number of nitrogens with two attached hydrogens (primary N) is 1. The molecule has 0 unspecified atom stereocenters. The number of anilines is 1. The fraction of sp³-hybridized carbons (Fsp3) is 0.583. The molecule has 6 nitrogen and oxygen atoms in total. The molecule has 98 valence electrons. The predicted octanol–water partition coefficient (Wildman–Crippen LogP) is 0.0631. The molecule has 1 fully saturated rings. The van der Waals surface area contributed by atoms with E-state index in [1.807, 2.05) is 6.92 Å². The quantitative estimate of drug-likeness (QED) is 0.704. The fourth-order valence-electron chi connectivity index (χ4n) is 2.20. The summed E-state index contributed by atoms with van der Waals surface area (Å²) in [7, 11) is 0. The maximum atomic E-state index is 12.0. The number of carbonyl (C=O) groups excluding carboxylic acids is 1. The molecule has 0 saturated carbocycles. The van der Waals surface area contributed by atoms with Crippen molar-refractivity contribution in [2.75, 3.05) is 12.3 Å². The Balaban J connectivity index is 1.88. The van der Waals surface area contributed by atoms with Crippen LogP contribution in [0.25, 0.3) is 0 Å². The van der Waals surface area contributed by atoms with Crippen molar-refractivity contribution < 1.29 is 4.79 Å². The zero-order valence-electron chi connectivity index (χ0n) is 10.5. The molecular formula is C12H19N5O. The van der Waals surface area contributed by atoms with E-state index in [2.05, 4.69) is 20.6 Å². The summed E-state index contributed by atoms with van der Waals surface area (Å²) in [6.45, 7) is 3.36. The SMILES string of the molecule is C[C@H]1NCCC[C@H]1C(=O)NCc1nccc(N)n1. The maximum absolute atomic E-state index is 12.0. The Morgan fingerprint density at radius 2 is 2.50 bits per heavy atom. The number of nitrogens with one attached hydrogen (secondary N) is 2. The van der Waals surface area contributed by atoms with Gasteiger partial charge in [0.1, 0.15) is 11.6 Å². The molecule has 1 aliphatic heterocycles. The van der Waals surface area contributed by atoms with E-state index in [1.165, 1.54) is 0 Å². The van der Waals surface area contributed by atoms with Gasteiger partial charge in [-0.2, -0.15) is 0 Å². The zero-order valence-corrected chi connectivity index (χ0v) is 10.5. The highest BCUT2D eigenvalue weighted by Crippen LogP contribution is 2.16. The van der Waals surface area contributed by atoms with Crippen LogP contribution in [0.5, 0.6) is 0 Å². The average Bonchev–Trinajstić information content (AvgIpc) is 2.37. The molecule has 0 radical (unpaired) electrons. The number of nitrogens with zero attached hydrogens (tertiary/aromatic N) is 2. The molecule has 2 heterocycles. The van der Waals surface area contributed by atoms with E-state index in [9.17, 15) is 4.79 Å². The largest absolute Gasteiger partial charge is 0.384 e. The minimum Gasteiger partial charge on any atom is -0.384 e. The first kappa shape index (κ1) is 12.8. The minimum absolute atomic E-state index is 0.0276. The van der Waals surface area contributed by atoms with E-state index >= 15 is 0 Å². The summed E-state index contributed by atoms with van der Waals surface area (Å²) >= 11 is 0. The lowest BCUT2D eigenvalue weighted by molar-refractivity contribution is -0.126. The smallest absolute Gasteiger partial charge is 0.225 e. The van der Waals surface area contributed by atoms with Gasteiger partial charge < -0.3 is 16.4 Å². The number of hydrogen-bond donors (Lipinski definition) is 3. The first-order chi connectivity index (χ1) is 8.66. The molecule has 4 N–H and O–H groups in total. The van der Waals surface area contributed by atoms with E-state index in [1.54, 1.807) is 12.3 Å². The summed E-state index contributed by atoms with van der Waals surface area (Å²) in [5, 5.41) is 6.17. The number of piperidine rings is 1. The molecule has 18 heavy (non-hydrogen) atoms. The van der Waals surface area contributed by atoms with Gasteiger partial charge in [0.15, 0.2) is 0 Å². The number of aromatic nitrogens is 2. The Kier molecular flexibility index (Phi) is 4.09. The lowest BCUT2D eigenvalue weighted by Crippen LogP contribution is -2.46. The molecule has 1 aromatic heterocycles. The van der Waals surface area contributed by atoms with Crippen LogP contribution in [0.4, 0.5) is 5.82 Å². The van der Waals surface area contributed by atoms with Crippen molar-refractivity contribution in [1.82, 2.24) is 20.6 Å². The molecule has 0 spiro atoms. The van der Waals surface area contributed by atoms with Crippen LogP contribution in [0.15, 0.2) is 12.3 Å². The van der Waals surface area contributed by atoms with Crippen LogP contribution in [-0.4, -0.2) is 28.5 Å². The standard InChI is InChI=1S/C12H19N5O/c1-8-9(3-2-5-14-8)12(18)16-7-11-15-6-4-10(13)17-11/h4,6,8-9,14H,2-3,5,7H2,1H3,(H,16,18)(H2,13,15,17)/t8-,9-/m1/s1. The number of amides is 1. The normalized spacial score (nSPS) is 23.6. The van der Waals surface area contributed by atoms with E-state index in [0.29, 0.717) is 18.2 Å². The van der Waals surface area contributed by atoms with Gasteiger partial charge in [-0.05, 0) is 32.4 Å². The second-order valence-corrected chi connectivity index (χ2v) is 4.61. The lowest BCUT2D eigenvalue weighted by Gasteiger charge is -2.28. The minimum atomic E-state index is 0.0276. The Bertz CT molecular complexity index is 423. The van der Waals surface area contributed by atoms with Gasteiger partial charge in [0.25, 0.3) is 0 Å².